The van der Waals surface area contributed by atoms with Crippen molar-refractivity contribution >= 4 is 5.91 Å². The van der Waals surface area contributed by atoms with Gasteiger partial charge in [-0.1, -0.05) is 0 Å². The van der Waals surface area contributed by atoms with E-state index in [1.54, 1.807) is 12.1 Å². The number of fused-ring (bicyclic) bond motifs is 2. The van der Waals surface area contributed by atoms with E-state index in [0.717, 1.165) is 12.8 Å². The van der Waals surface area contributed by atoms with Crippen LogP contribution in [0.2, 0.25) is 0 Å². The van der Waals surface area contributed by atoms with Crippen LogP contribution in [0, 0.1) is 0 Å². The Kier molecular flexibility index (Phi) is 2.64. The van der Waals surface area contributed by atoms with Crippen LogP contribution in [-0.4, -0.2) is 36.1 Å². The lowest BCUT2D eigenvalue weighted by molar-refractivity contribution is -0.0312. The van der Waals surface area contributed by atoms with Gasteiger partial charge in [0.05, 0.1) is 18.8 Å². The summed E-state index contributed by atoms with van der Waals surface area (Å²) in [6.45, 7) is 1.67. The summed E-state index contributed by atoms with van der Waals surface area (Å²) in [5.74, 6) is 0.973. The van der Waals surface area contributed by atoms with Crippen molar-refractivity contribution in [3.8, 4) is 0 Å². The van der Waals surface area contributed by atoms with Gasteiger partial charge in [0.2, 0.25) is 0 Å². The van der Waals surface area contributed by atoms with Crippen molar-refractivity contribution in [2.75, 3.05) is 13.1 Å². The smallest absolute Gasteiger partial charge is 0.289 e. The standard InChI is InChI=1S/C12H16N2O3/c13-5-8-3-4-11(17-8)12(15)14-6-9-1-2-10(7-14)16-9/h3-4,9-10H,1-2,5-7,13H2. The average Bonchev–Trinajstić information content (AvgIpc) is 2.95. The van der Waals surface area contributed by atoms with Crippen LogP contribution in [0.3, 0.4) is 0 Å². The second-order valence-electron chi connectivity index (χ2n) is 4.64. The number of amides is 1. The van der Waals surface area contributed by atoms with E-state index in [1.807, 2.05) is 4.90 Å². The molecule has 0 aromatic carbocycles. The zero-order chi connectivity index (χ0) is 11.8. The molecule has 5 nitrogen and oxygen atoms in total. The molecule has 2 bridgehead atoms. The van der Waals surface area contributed by atoms with Gasteiger partial charge in [-0.2, -0.15) is 0 Å². The lowest BCUT2D eigenvalue weighted by Crippen LogP contribution is -2.45. The van der Waals surface area contributed by atoms with Gasteiger partial charge in [-0.05, 0) is 25.0 Å². The Morgan fingerprint density at radius 2 is 2.06 bits per heavy atom. The highest BCUT2D eigenvalue weighted by molar-refractivity contribution is 5.91. The molecule has 2 atom stereocenters. The monoisotopic (exact) mass is 236 g/mol. The van der Waals surface area contributed by atoms with Crippen LogP contribution in [0.5, 0.6) is 0 Å². The molecule has 0 aliphatic carbocycles. The van der Waals surface area contributed by atoms with Gasteiger partial charge < -0.3 is 19.8 Å². The van der Waals surface area contributed by atoms with Crippen molar-refractivity contribution < 1.29 is 13.9 Å². The number of likely N-dealkylation sites (tertiary alicyclic amines) is 1. The third kappa shape index (κ3) is 1.96. The maximum absolute atomic E-state index is 12.2. The molecule has 2 N–H and O–H groups in total. The highest BCUT2D eigenvalue weighted by atomic mass is 16.5. The van der Waals surface area contributed by atoms with E-state index >= 15 is 0 Å². The molecular formula is C12H16N2O3. The first-order valence-corrected chi connectivity index (χ1v) is 6.00. The molecule has 3 rings (SSSR count). The zero-order valence-electron chi connectivity index (χ0n) is 9.59. The number of nitrogens with zero attached hydrogens (tertiary/aromatic N) is 1. The SMILES string of the molecule is NCc1ccc(C(=O)N2CC3CCC(C2)O3)o1. The number of hydrogen-bond acceptors (Lipinski definition) is 4. The largest absolute Gasteiger partial charge is 0.455 e. The van der Waals surface area contributed by atoms with Crippen molar-refractivity contribution in [3.05, 3.63) is 23.7 Å². The Hall–Kier alpha value is -1.33. The highest BCUT2D eigenvalue weighted by Crippen LogP contribution is 2.27. The number of morpholine rings is 1. The summed E-state index contributed by atoms with van der Waals surface area (Å²) in [6, 6.07) is 3.45. The van der Waals surface area contributed by atoms with E-state index in [1.165, 1.54) is 0 Å². The van der Waals surface area contributed by atoms with E-state index < -0.39 is 0 Å². The van der Waals surface area contributed by atoms with Gasteiger partial charge in [0.1, 0.15) is 5.76 Å². The molecule has 2 aliphatic heterocycles. The molecule has 2 aliphatic rings. The fourth-order valence-corrected chi connectivity index (χ4v) is 2.54. The van der Waals surface area contributed by atoms with Crippen molar-refractivity contribution in [3.63, 3.8) is 0 Å². The fourth-order valence-electron chi connectivity index (χ4n) is 2.54. The lowest BCUT2D eigenvalue weighted by Gasteiger charge is -2.31. The van der Waals surface area contributed by atoms with Gasteiger partial charge in [-0.15, -0.1) is 0 Å². The minimum Gasteiger partial charge on any atom is -0.455 e. The Bertz CT molecular complexity index is 417. The molecule has 0 radical (unpaired) electrons. The van der Waals surface area contributed by atoms with Gasteiger partial charge in [0.15, 0.2) is 5.76 Å². The van der Waals surface area contributed by atoms with Gasteiger partial charge in [0, 0.05) is 13.1 Å². The van der Waals surface area contributed by atoms with Crippen molar-refractivity contribution in [2.24, 2.45) is 5.73 Å². The molecule has 2 unspecified atom stereocenters. The van der Waals surface area contributed by atoms with Gasteiger partial charge in [-0.3, -0.25) is 4.79 Å². The predicted octanol–water partition coefficient (Wildman–Crippen LogP) is 0.742. The summed E-state index contributed by atoms with van der Waals surface area (Å²) < 4.78 is 11.1. The molecule has 0 spiro atoms. The van der Waals surface area contributed by atoms with Crippen LogP contribution in [0.25, 0.3) is 0 Å². The summed E-state index contributed by atoms with van der Waals surface area (Å²) >= 11 is 0. The lowest BCUT2D eigenvalue weighted by atomic mass is 10.2. The average molecular weight is 236 g/mol. The summed E-state index contributed by atoms with van der Waals surface area (Å²) in [6.07, 6.45) is 2.53. The number of nitrogens with two attached hydrogens (primary N) is 1. The highest BCUT2D eigenvalue weighted by Gasteiger charge is 2.36. The van der Waals surface area contributed by atoms with Crippen molar-refractivity contribution in [1.82, 2.24) is 4.90 Å². The van der Waals surface area contributed by atoms with Crippen LogP contribution in [0.15, 0.2) is 16.5 Å². The van der Waals surface area contributed by atoms with Gasteiger partial charge in [0.25, 0.3) is 5.91 Å². The molecule has 0 saturated carbocycles. The summed E-state index contributed by atoms with van der Waals surface area (Å²) in [5, 5.41) is 0. The molecule has 5 heteroatoms. The first-order valence-electron chi connectivity index (χ1n) is 6.00. The van der Waals surface area contributed by atoms with E-state index in [2.05, 4.69) is 0 Å². The number of carbonyl (C=O) groups is 1. The normalized spacial score (nSPS) is 27.5. The summed E-state index contributed by atoms with van der Waals surface area (Å²) in [5.41, 5.74) is 5.46. The maximum atomic E-state index is 12.2. The summed E-state index contributed by atoms with van der Waals surface area (Å²) in [4.78, 5) is 14.0. The van der Waals surface area contributed by atoms with Crippen LogP contribution < -0.4 is 5.73 Å². The Balaban J connectivity index is 1.73. The molecule has 2 saturated heterocycles. The molecular weight excluding hydrogens is 220 g/mol. The third-order valence-electron chi connectivity index (χ3n) is 3.40. The summed E-state index contributed by atoms with van der Waals surface area (Å²) in [7, 11) is 0. The van der Waals surface area contributed by atoms with E-state index in [0.29, 0.717) is 31.2 Å². The van der Waals surface area contributed by atoms with E-state index in [9.17, 15) is 4.79 Å². The first-order chi connectivity index (χ1) is 8.26. The molecule has 2 fully saturated rings. The van der Waals surface area contributed by atoms with Crippen LogP contribution in [-0.2, 0) is 11.3 Å². The van der Waals surface area contributed by atoms with E-state index in [-0.39, 0.29) is 18.1 Å². The van der Waals surface area contributed by atoms with Gasteiger partial charge in [-0.25, -0.2) is 0 Å². The minimum atomic E-state index is -0.0510. The molecule has 1 aromatic heterocycles. The Morgan fingerprint density at radius 1 is 1.35 bits per heavy atom. The molecule has 1 aromatic rings. The van der Waals surface area contributed by atoms with Crippen LogP contribution in [0.1, 0.15) is 29.2 Å². The fraction of sp³-hybridized carbons (Fsp3) is 0.583. The quantitative estimate of drug-likeness (QED) is 0.822. The topological polar surface area (TPSA) is 68.7 Å². The number of hydrogen-bond donors (Lipinski definition) is 1. The van der Waals surface area contributed by atoms with Crippen molar-refractivity contribution in [1.29, 1.82) is 0 Å². The molecule has 17 heavy (non-hydrogen) atoms. The predicted molar refractivity (Wildman–Crippen MR) is 60.4 cm³/mol. The van der Waals surface area contributed by atoms with Gasteiger partial charge >= 0.3 is 0 Å². The number of ether oxygens (including phenoxy) is 1. The molecule has 3 heterocycles. The van der Waals surface area contributed by atoms with Crippen LogP contribution >= 0.6 is 0 Å². The second kappa shape index (κ2) is 4.16. The molecule has 1 amide bonds. The maximum Gasteiger partial charge on any atom is 0.289 e. The molecule has 92 valence electrons. The zero-order valence-corrected chi connectivity index (χ0v) is 9.59. The number of rotatable bonds is 2. The third-order valence-corrected chi connectivity index (χ3v) is 3.40. The number of carbonyl (C=O) groups excluding carboxylic acids is 1. The first kappa shape index (κ1) is 10.8. The van der Waals surface area contributed by atoms with Crippen LogP contribution in [0.4, 0.5) is 0 Å². The van der Waals surface area contributed by atoms with E-state index in [4.69, 9.17) is 14.9 Å². The Labute approximate surface area is 99.5 Å². The minimum absolute atomic E-state index is 0.0510. The number of furan rings is 1. The Morgan fingerprint density at radius 3 is 2.65 bits per heavy atom. The second-order valence-corrected chi connectivity index (χ2v) is 4.64. The van der Waals surface area contributed by atoms with Crippen molar-refractivity contribution in [2.45, 2.75) is 31.6 Å².